The Morgan fingerprint density at radius 2 is 1.82 bits per heavy atom. The average molecular weight is 397 g/mol. The molecule has 0 aliphatic carbocycles. The van der Waals surface area contributed by atoms with E-state index < -0.39 is 11.3 Å². The van der Waals surface area contributed by atoms with Crippen molar-refractivity contribution in [3.8, 4) is 5.75 Å². The van der Waals surface area contributed by atoms with E-state index in [1.54, 1.807) is 42.5 Å². The van der Waals surface area contributed by atoms with E-state index in [1.807, 2.05) is 6.07 Å². The molecule has 3 rings (SSSR count). The number of pyridine rings is 1. The van der Waals surface area contributed by atoms with Gasteiger partial charge in [0.1, 0.15) is 12.3 Å². The Labute approximate surface area is 166 Å². The number of hydrogen-bond donors (Lipinski definition) is 2. The number of H-pyrrole nitrogens is 1. The summed E-state index contributed by atoms with van der Waals surface area (Å²) in [5.41, 5.74) is 1.47. The summed E-state index contributed by atoms with van der Waals surface area (Å²) in [6, 6.07) is 14.8. The second-order valence-electron chi connectivity index (χ2n) is 6.04. The molecule has 0 fully saturated rings. The number of carbonyl (C=O) groups excluding carboxylic acids is 2. The lowest BCUT2D eigenvalue weighted by atomic mass is 10.1. The molecule has 0 radical (unpaired) electrons. The number of nitrogens with one attached hydrogen (secondary N) is 2. The zero-order chi connectivity index (χ0) is 20.1. The lowest BCUT2D eigenvalue weighted by Gasteiger charge is -2.09. The number of amides is 1. The number of aromatic amines is 1. The minimum absolute atomic E-state index is 0.0606. The van der Waals surface area contributed by atoms with Gasteiger partial charge in [0.15, 0.2) is 11.5 Å². The van der Waals surface area contributed by atoms with E-state index in [0.29, 0.717) is 16.3 Å². The smallest absolute Gasteiger partial charge is 0.272 e. The summed E-state index contributed by atoms with van der Waals surface area (Å²) in [5, 5.41) is 3.20. The van der Waals surface area contributed by atoms with Crippen molar-refractivity contribution in [1.29, 1.82) is 0 Å². The van der Waals surface area contributed by atoms with Crippen LogP contribution in [0.15, 0.2) is 65.6 Å². The van der Waals surface area contributed by atoms with Gasteiger partial charge in [-0.2, -0.15) is 0 Å². The molecule has 28 heavy (non-hydrogen) atoms. The van der Waals surface area contributed by atoms with Gasteiger partial charge in [-0.05, 0) is 37.3 Å². The van der Waals surface area contributed by atoms with Crippen LogP contribution in [0, 0.1) is 0 Å². The van der Waals surface area contributed by atoms with Crippen LogP contribution in [0.25, 0.3) is 0 Å². The molecule has 0 bridgehead atoms. The first-order valence-corrected chi connectivity index (χ1v) is 8.83. The fourth-order valence-electron chi connectivity index (χ4n) is 2.46. The van der Waals surface area contributed by atoms with Crippen molar-refractivity contribution in [2.75, 3.05) is 5.32 Å². The number of carbonyl (C=O) groups is 2. The van der Waals surface area contributed by atoms with Crippen LogP contribution in [0.5, 0.6) is 5.75 Å². The minimum atomic E-state index is -0.481. The zero-order valence-electron chi connectivity index (χ0n) is 15.0. The molecule has 0 saturated carbocycles. The van der Waals surface area contributed by atoms with Crippen LogP contribution < -0.4 is 15.5 Å². The SMILES string of the molecule is CC(=O)c1ccc(NC(=O)c2cc(=O)c(OCc3ccccc3Cl)c[nH]2)cc1. The summed E-state index contributed by atoms with van der Waals surface area (Å²) < 4.78 is 5.50. The van der Waals surface area contributed by atoms with Gasteiger partial charge in [0.25, 0.3) is 5.91 Å². The largest absolute Gasteiger partial charge is 0.483 e. The van der Waals surface area contributed by atoms with E-state index in [9.17, 15) is 14.4 Å². The van der Waals surface area contributed by atoms with Crippen molar-refractivity contribution in [3.63, 3.8) is 0 Å². The highest BCUT2D eigenvalue weighted by molar-refractivity contribution is 6.31. The maximum Gasteiger partial charge on any atom is 0.272 e. The van der Waals surface area contributed by atoms with E-state index in [-0.39, 0.29) is 23.8 Å². The summed E-state index contributed by atoms with van der Waals surface area (Å²) in [6.07, 6.45) is 1.34. The van der Waals surface area contributed by atoms with Crippen LogP contribution in [0.4, 0.5) is 5.69 Å². The number of benzene rings is 2. The van der Waals surface area contributed by atoms with Crippen molar-refractivity contribution in [3.05, 3.63) is 92.9 Å². The molecule has 0 saturated heterocycles. The number of ether oxygens (including phenoxy) is 1. The molecule has 142 valence electrons. The Bertz CT molecular complexity index is 1070. The predicted molar refractivity (Wildman–Crippen MR) is 107 cm³/mol. The fourth-order valence-corrected chi connectivity index (χ4v) is 2.65. The van der Waals surface area contributed by atoms with Gasteiger partial charge >= 0.3 is 0 Å². The monoisotopic (exact) mass is 396 g/mol. The molecule has 0 spiro atoms. The van der Waals surface area contributed by atoms with Gasteiger partial charge in [-0.1, -0.05) is 29.8 Å². The van der Waals surface area contributed by atoms with Gasteiger partial charge in [0.2, 0.25) is 5.43 Å². The number of halogens is 1. The third-order valence-corrected chi connectivity index (χ3v) is 4.38. The van der Waals surface area contributed by atoms with Crippen LogP contribution in [0.1, 0.15) is 33.3 Å². The molecule has 1 amide bonds. The van der Waals surface area contributed by atoms with Gasteiger partial charge in [0, 0.05) is 34.1 Å². The summed E-state index contributed by atoms with van der Waals surface area (Å²) in [7, 11) is 0. The normalized spacial score (nSPS) is 10.4. The standard InChI is InChI=1S/C21H17ClN2O4/c1-13(25)14-6-8-16(9-7-14)24-21(27)18-10-19(26)20(11-23-18)28-12-15-4-2-3-5-17(15)22/h2-11H,12H2,1H3,(H,23,26)(H,24,27). The molecule has 2 N–H and O–H groups in total. The highest BCUT2D eigenvalue weighted by Gasteiger charge is 2.11. The molecule has 3 aromatic rings. The van der Waals surface area contributed by atoms with Crippen LogP contribution in [-0.4, -0.2) is 16.7 Å². The average Bonchev–Trinajstić information content (AvgIpc) is 2.68. The fraction of sp³-hybridized carbons (Fsp3) is 0.0952. The van der Waals surface area contributed by atoms with Crippen molar-refractivity contribution >= 4 is 29.0 Å². The third kappa shape index (κ3) is 4.66. The Morgan fingerprint density at radius 1 is 1.11 bits per heavy atom. The van der Waals surface area contributed by atoms with Gasteiger partial charge in [-0.15, -0.1) is 0 Å². The Morgan fingerprint density at radius 3 is 2.46 bits per heavy atom. The summed E-state index contributed by atoms with van der Waals surface area (Å²) >= 11 is 6.06. The van der Waals surface area contributed by atoms with E-state index in [1.165, 1.54) is 19.2 Å². The van der Waals surface area contributed by atoms with Gasteiger partial charge in [-0.25, -0.2) is 0 Å². The zero-order valence-corrected chi connectivity index (χ0v) is 15.7. The van der Waals surface area contributed by atoms with Crippen molar-refractivity contribution in [1.82, 2.24) is 4.98 Å². The number of Topliss-reactive ketones (excluding diaryl/α,β-unsaturated/α-hetero) is 1. The van der Waals surface area contributed by atoms with Crippen LogP contribution >= 0.6 is 11.6 Å². The van der Waals surface area contributed by atoms with Crippen molar-refractivity contribution in [2.45, 2.75) is 13.5 Å². The van der Waals surface area contributed by atoms with E-state index in [4.69, 9.17) is 16.3 Å². The molecule has 7 heteroatoms. The quantitative estimate of drug-likeness (QED) is 0.615. The summed E-state index contributed by atoms with van der Waals surface area (Å²) in [4.78, 5) is 38.6. The van der Waals surface area contributed by atoms with Crippen LogP contribution in [0.3, 0.4) is 0 Å². The van der Waals surface area contributed by atoms with E-state index >= 15 is 0 Å². The number of hydrogen-bond acceptors (Lipinski definition) is 4. The molecule has 0 unspecified atom stereocenters. The minimum Gasteiger partial charge on any atom is -0.483 e. The molecular formula is C21H17ClN2O4. The van der Waals surface area contributed by atoms with Crippen LogP contribution in [0.2, 0.25) is 5.02 Å². The Balaban J connectivity index is 1.67. The maximum absolute atomic E-state index is 12.3. The molecule has 2 aromatic carbocycles. The highest BCUT2D eigenvalue weighted by atomic mass is 35.5. The summed E-state index contributed by atoms with van der Waals surface area (Å²) in [5.74, 6) is -0.456. The third-order valence-electron chi connectivity index (χ3n) is 4.01. The van der Waals surface area contributed by atoms with Gasteiger partial charge in [0.05, 0.1) is 0 Å². The van der Waals surface area contributed by atoms with E-state index in [0.717, 1.165) is 5.56 Å². The number of anilines is 1. The molecule has 0 aliphatic heterocycles. The van der Waals surface area contributed by atoms with Crippen molar-refractivity contribution < 1.29 is 14.3 Å². The first kappa shape index (κ1) is 19.4. The second kappa shape index (κ2) is 8.54. The van der Waals surface area contributed by atoms with Crippen LogP contribution in [-0.2, 0) is 6.61 Å². The first-order valence-electron chi connectivity index (χ1n) is 8.45. The van der Waals surface area contributed by atoms with Crippen molar-refractivity contribution in [2.24, 2.45) is 0 Å². The summed E-state index contributed by atoms with van der Waals surface area (Å²) in [6.45, 7) is 1.60. The van der Waals surface area contributed by atoms with Gasteiger partial charge < -0.3 is 15.0 Å². The number of aromatic nitrogens is 1. The van der Waals surface area contributed by atoms with Gasteiger partial charge in [-0.3, -0.25) is 14.4 Å². The topological polar surface area (TPSA) is 88.3 Å². The Hall–Kier alpha value is -3.38. The van der Waals surface area contributed by atoms with E-state index in [2.05, 4.69) is 10.3 Å². The number of ketones is 1. The molecular weight excluding hydrogens is 380 g/mol. The molecule has 1 aromatic heterocycles. The predicted octanol–water partition coefficient (Wildman–Crippen LogP) is 4.06. The Kier molecular flexibility index (Phi) is 5.91. The second-order valence-corrected chi connectivity index (χ2v) is 6.45. The first-order chi connectivity index (χ1) is 13.4. The molecule has 0 aliphatic rings. The highest BCUT2D eigenvalue weighted by Crippen LogP contribution is 2.17. The number of rotatable bonds is 6. The molecule has 1 heterocycles. The molecule has 6 nitrogen and oxygen atoms in total. The lowest BCUT2D eigenvalue weighted by molar-refractivity contribution is 0.101. The maximum atomic E-state index is 12.3. The lowest BCUT2D eigenvalue weighted by Crippen LogP contribution is -2.17. The molecule has 0 atom stereocenters.